The SMILES string of the molecule is C[C@H](O)CNCCC(=O)N1CCc2c([nH]c(=O)c3ccccc23)C1. The summed E-state index contributed by atoms with van der Waals surface area (Å²) in [5.74, 6) is 0.0627. The van der Waals surface area contributed by atoms with Crippen molar-refractivity contribution in [3.63, 3.8) is 0 Å². The van der Waals surface area contributed by atoms with Crippen LogP contribution in [0.2, 0.25) is 0 Å². The number of aliphatic hydroxyl groups is 1. The lowest BCUT2D eigenvalue weighted by Gasteiger charge is -2.29. The Kier molecular flexibility index (Phi) is 4.97. The van der Waals surface area contributed by atoms with E-state index in [4.69, 9.17) is 0 Å². The number of hydrogen-bond donors (Lipinski definition) is 3. The van der Waals surface area contributed by atoms with Crippen molar-refractivity contribution in [1.82, 2.24) is 15.2 Å². The zero-order valence-corrected chi connectivity index (χ0v) is 13.8. The number of hydrogen-bond acceptors (Lipinski definition) is 4. The molecular formula is C18H23N3O3. The van der Waals surface area contributed by atoms with Gasteiger partial charge in [0.15, 0.2) is 0 Å². The van der Waals surface area contributed by atoms with Crippen LogP contribution in [0.3, 0.4) is 0 Å². The second-order valence-electron chi connectivity index (χ2n) is 6.33. The van der Waals surface area contributed by atoms with Crippen molar-refractivity contribution >= 4 is 16.7 Å². The summed E-state index contributed by atoms with van der Waals surface area (Å²) < 4.78 is 0. The third-order valence-corrected chi connectivity index (χ3v) is 4.41. The molecule has 1 aliphatic rings. The van der Waals surface area contributed by atoms with Crippen LogP contribution >= 0.6 is 0 Å². The number of nitrogens with one attached hydrogen (secondary N) is 2. The highest BCUT2D eigenvalue weighted by molar-refractivity contribution is 5.86. The van der Waals surface area contributed by atoms with E-state index in [-0.39, 0.29) is 11.5 Å². The minimum atomic E-state index is -0.416. The van der Waals surface area contributed by atoms with Gasteiger partial charge in [-0.05, 0) is 30.4 Å². The topological polar surface area (TPSA) is 85.4 Å². The van der Waals surface area contributed by atoms with Gasteiger partial charge in [0, 0.05) is 37.1 Å². The fraction of sp³-hybridized carbons (Fsp3) is 0.444. The molecule has 0 aliphatic carbocycles. The van der Waals surface area contributed by atoms with Crippen LogP contribution in [0.4, 0.5) is 0 Å². The molecule has 0 saturated carbocycles. The minimum Gasteiger partial charge on any atom is -0.392 e. The van der Waals surface area contributed by atoms with Crippen molar-refractivity contribution < 1.29 is 9.90 Å². The number of pyridine rings is 1. The lowest BCUT2D eigenvalue weighted by Crippen LogP contribution is -2.39. The van der Waals surface area contributed by atoms with Crippen molar-refractivity contribution in [3.8, 4) is 0 Å². The Morgan fingerprint density at radius 1 is 1.38 bits per heavy atom. The van der Waals surface area contributed by atoms with Crippen LogP contribution in [0.25, 0.3) is 10.8 Å². The summed E-state index contributed by atoms with van der Waals surface area (Å²) in [6.07, 6.45) is 0.722. The molecule has 0 spiro atoms. The van der Waals surface area contributed by atoms with Crippen LogP contribution in [0.5, 0.6) is 0 Å². The summed E-state index contributed by atoms with van der Waals surface area (Å²) in [5, 5.41) is 13.9. The smallest absolute Gasteiger partial charge is 0.256 e. The highest BCUT2D eigenvalue weighted by Gasteiger charge is 2.23. The zero-order valence-electron chi connectivity index (χ0n) is 13.8. The second kappa shape index (κ2) is 7.15. The molecular weight excluding hydrogens is 306 g/mol. The number of amides is 1. The number of carbonyl (C=O) groups excluding carboxylic acids is 1. The lowest BCUT2D eigenvalue weighted by atomic mass is 9.98. The molecule has 128 valence electrons. The third-order valence-electron chi connectivity index (χ3n) is 4.41. The summed E-state index contributed by atoms with van der Waals surface area (Å²) in [7, 11) is 0. The van der Waals surface area contributed by atoms with Gasteiger partial charge >= 0.3 is 0 Å². The molecule has 0 saturated heterocycles. The van der Waals surface area contributed by atoms with Gasteiger partial charge in [-0.3, -0.25) is 9.59 Å². The van der Waals surface area contributed by atoms with Gasteiger partial charge in [-0.1, -0.05) is 18.2 Å². The van der Waals surface area contributed by atoms with Gasteiger partial charge in [-0.2, -0.15) is 0 Å². The quantitative estimate of drug-likeness (QED) is 0.708. The monoisotopic (exact) mass is 329 g/mol. The van der Waals surface area contributed by atoms with Gasteiger partial charge < -0.3 is 20.3 Å². The third kappa shape index (κ3) is 3.49. The van der Waals surface area contributed by atoms with E-state index >= 15 is 0 Å². The molecule has 1 aromatic carbocycles. The second-order valence-corrected chi connectivity index (χ2v) is 6.33. The largest absolute Gasteiger partial charge is 0.392 e. The van der Waals surface area contributed by atoms with Crippen molar-refractivity contribution in [1.29, 1.82) is 0 Å². The predicted octanol–water partition coefficient (Wildman–Crippen LogP) is 0.773. The number of H-pyrrole nitrogens is 1. The molecule has 0 radical (unpaired) electrons. The van der Waals surface area contributed by atoms with Crippen LogP contribution in [0.1, 0.15) is 24.6 Å². The van der Waals surface area contributed by atoms with E-state index < -0.39 is 6.10 Å². The maximum atomic E-state index is 12.3. The standard InChI is InChI=1S/C18H23N3O3/c1-12(22)10-19-8-6-17(23)21-9-7-14-13-4-2-3-5-15(13)18(24)20-16(14)11-21/h2-5,12,19,22H,6-11H2,1H3,(H,20,24)/t12-/m0/s1. The maximum Gasteiger partial charge on any atom is 0.256 e. The van der Waals surface area contributed by atoms with Gasteiger partial charge in [0.05, 0.1) is 12.6 Å². The fourth-order valence-corrected chi connectivity index (χ4v) is 3.20. The number of benzene rings is 1. The van der Waals surface area contributed by atoms with Crippen LogP contribution in [-0.2, 0) is 17.8 Å². The van der Waals surface area contributed by atoms with E-state index in [9.17, 15) is 14.7 Å². The number of fused-ring (bicyclic) bond motifs is 3. The summed E-state index contributed by atoms with van der Waals surface area (Å²) >= 11 is 0. The molecule has 2 aromatic rings. The molecule has 1 aromatic heterocycles. The molecule has 1 amide bonds. The molecule has 0 fully saturated rings. The highest BCUT2D eigenvalue weighted by Crippen LogP contribution is 2.23. The number of aromatic amines is 1. The Morgan fingerprint density at radius 3 is 2.88 bits per heavy atom. The van der Waals surface area contributed by atoms with E-state index in [1.165, 1.54) is 0 Å². The van der Waals surface area contributed by atoms with Crippen molar-refractivity contribution in [2.24, 2.45) is 0 Å². The summed E-state index contributed by atoms with van der Waals surface area (Å²) in [4.78, 5) is 29.3. The zero-order chi connectivity index (χ0) is 17.1. The van der Waals surface area contributed by atoms with Crippen molar-refractivity contribution in [2.45, 2.75) is 32.4 Å². The van der Waals surface area contributed by atoms with Crippen LogP contribution < -0.4 is 10.9 Å². The predicted molar refractivity (Wildman–Crippen MR) is 92.9 cm³/mol. The fourth-order valence-electron chi connectivity index (χ4n) is 3.20. The Hall–Kier alpha value is -2.18. The first-order chi connectivity index (χ1) is 11.6. The van der Waals surface area contributed by atoms with Gasteiger partial charge in [0.2, 0.25) is 5.91 Å². The molecule has 1 atom stereocenters. The summed E-state index contributed by atoms with van der Waals surface area (Å²) in [6.45, 7) is 3.84. The number of aromatic nitrogens is 1. The van der Waals surface area contributed by atoms with Gasteiger partial charge in [0.25, 0.3) is 5.56 Å². The molecule has 3 N–H and O–H groups in total. The summed E-state index contributed by atoms with van der Waals surface area (Å²) in [5.41, 5.74) is 1.88. The maximum absolute atomic E-state index is 12.3. The first kappa shape index (κ1) is 16.7. The Bertz CT molecular complexity index is 798. The van der Waals surface area contributed by atoms with E-state index in [0.717, 1.165) is 23.1 Å². The number of carbonyl (C=O) groups is 1. The van der Waals surface area contributed by atoms with Crippen molar-refractivity contribution in [3.05, 3.63) is 45.9 Å². The molecule has 6 heteroatoms. The van der Waals surface area contributed by atoms with Gasteiger partial charge in [-0.15, -0.1) is 0 Å². The van der Waals surface area contributed by atoms with E-state index in [1.54, 1.807) is 11.8 Å². The Morgan fingerprint density at radius 2 is 2.12 bits per heavy atom. The van der Waals surface area contributed by atoms with E-state index in [0.29, 0.717) is 38.0 Å². The van der Waals surface area contributed by atoms with Crippen LogP contribution in [0.15, 0.2) is 29.1 Å². The molecule has 1 aliphatic heterocycles. The van der Waals surface area contributed by atoms with Crippen molar-refractivity contribution in [2.75, 3.05) is 19.6 Å². The van der Waals surface area contributed by atoms with Gasteiger partial charge in [0.1, 0.15) is 0 Å². The number of nitrogens with zero attached hydrogens (tertiary/aromatic N) is 1. The number of aliphatic hydroxyl groups excluding tert-OH is 1. The Balaban J connectivity index is 1.71. The van der Waals surface area contributed by atoms with Gasteiger partial charge in [-0.25, -0.2) is 0 Å². The van der Waals surface area contributed by atoms with E-state index in [2.05, 4.69) is 10.3 Å². The average molecular weight is 329 g/mol. The Labute approximate surface area is 140 Å². The molecule has 3 rings (SSSR count). The minimum absolute atomic E-state index is 0.0627. The lowest BCUT2D eigenvalue weighted by molar-refractivity contribution is -0.132. The summed E-state index contributed by atoms with van der Waals surface area (Å²) in [6, 6.07) is 7.61. The number of rotatable bonds is 5. The molecule has 2 heterocycles. The van der Waals surface area contributed by atoms with Crippen LogP contribution in [-0.4, -0.2) is 46.6 Å². The molecule has 24 heavy (non-hydrogen) atoms. The van der Waals surface area contributed by atoms with E-state index in [1.807, 2.05) is 24.3 Å². The molecule has 0 bridgehead atoms. The molecule has 6 nitrogen and oxygen atoms in total. The highest BCUT2D eigenvalue weighted by atomic mass is 16.3. The normalized spacial score (nSPS) is 15.3. The first-order valence-electron chi connectivity index (χ1n) is 8.35. The molecule has 0 unspecified atom stereocenters. The first-order valence-corrected chi connectivity index (χ1v) is 8.35. The average Bonchev–Trinajstić information content (AvgIpc) is 2.58. The van der Waals surface area contributed by atoms with Crippen LogP contribution in [0, 0.1) is 0 Å².